The van der Waals surface area contributed by atoms with Gasteiger partial charge in [-0.15, -0.1) is 0 Å². The topological polar surface area (TPSA) is 44.8 Å². The van der Waals surface area contributed by atoms with E-state index >= 15 is 0 Å². The van der Waals surface area contributed by atoms with E-state index in [1.165, 1.54) is 36.5 Å². The summed E-state index contributed by atoms with van der Waals surface area (Å²) in [6, 6.07) is 26.3. The number of nitrogens with zero attached hydrogens (tertiary/aromatic N) is 1. The predicted octanol–water partition coefficient (Wildman–Crippen LogP) is 3.39. The number of quaternary nitrogens is 1. The predicted molar refractivity (Wildman–Crippen MR) is 135 cm³/mol. The van der Waals surface area contributed by atoms with Crippen LogP contribution in [0.1, 0.15) is 61.4 Å². The zero-order chi connectivity index (χ0) is 24.4. The molecule has 0 radical (unpaired) electrons. The van der Waals surface area contributed by atoms with Crippen LogP contribution in [0.15, 0.2) is 72.8 Å². The van der Waals surface area contributed by atoms with E-state index in [4.69, 9.17) is 14.2 Å². The molecule has 2 heterocycles. The van der Waals surface area contributed by atoms with Crippen molar-refractivity contribution >= 4 is 5.97 Å². The SMILES string of the molecule is COc1ccccc1[C@@H]1CCC2CC[C@@H](c3ccccc3OC)[N+]21Cc1ccc(OC(C)=O)cc1.[Cl-]. The minimum absolute atomic E-state index is 0. The summed E-state index contributed by atoms with van der Waals surface area (Å²) in [5, 5.41) is 0. The van der Waals surface area contributed by atoms with Crippen LogP contribution in [-0.4, -0.2) is 30.7 Å². The Morgan fingerprint density at radius 3 is 1.75 bits per heavy atom. The van der Waals surface area contributed by atoms with Gasteiger partial charge in [0, 0.05) is 38.2 Å². The van der Waals surface area contributed by atoms with Gasteiger partial charge in [-0.25, -0.2) is 0 Å². The Labute approximate surface area is 220 Å². The fraction of sp³-hybridized carbons (Fsp3) is 0.367. The maximum atomic E-state index is 11.4. The van der Waals surface area contributed by atoms with E-state index < -0.39 is 0 Å². The lowest BCUT2D eigenvalue weighted by Gasteiger charge is -2.46. The van der Waals surface area contributed by atoms with Gasteiger partial charge in [-0.3, -0.25) is 4.79 Å². The lowest BCUT2D eigenvalue weighted by molar-refractivity contribution is -0.994. The third-order valence-corrected chi connectivity index (χ3v) is 8.02. The quantitative estimate of drug-likeness (QED) is 0.279. The molecular formula is C30H34ClNO4. The Morgan fingerprint density at radius 2 is 1.28 bits per heavy atom. The van der Waals surface area contributed by atoms with Gasteiger partial charge in [0.05, 0.1) is 31.4 Å². The maximum Gasteiger partial charge on any atom is 0.308 e. The summed E-state index contributed by atoms with van der Waals surface area (Å²) in [7, 11) is 3.54. The van der Waals surface area contributed by atoms with Gasteiger partial charge in [0.25, 0.3) is 0 Å². The molecular weight excluding hydrogens is 474 g/mol. The van der Waals surface area contributed by atoms with Crippen molar-refractivity contribution in [3.8, 4) is 17.2 Å². The monoisotopic (exact) mass is 507 g/mol. The number of halogens is 1. The first kappa shape index (κ1) is 26.1. The first-order valence-corrected chi connectivity index (χ1v) is 12.5. The van der Waals surface area contributed by atoms with Gasteiger partial charge in [-0.1, -0.05) is 24.3 Å². The van der Waals surface area contributed by atoms with Crippen molar-refractivity contribution in [1.29, 1.82) is 0 Å². The molecule has 0 bridgehead atoms. The normalized spacial score (nSPS) is 24.5. The third kappa shape index (κ3) is 4.58. The summed E-state index contributed by atoms with van der Waals surface area (Å²) in [6.45, 7) is 2.33. The molecule has 3 aromatic carbocycles. The summed E-state index contributed by atoms with van der Waals surface area (Å²) in [4.78, 5) is 11.4. The fourth-order valence-corrected chi connectivity index (χ4v) is 6.74. The molecule has 0 aromatic heterocycles. The molecule has 0 aliphatic carbocycles. The van der Waals surface area contributed by atoms with Crippen molar-refractivity contribution in [3.63, 3.8) is 0 Å². The second kappa shape index (κ2) is 10.9. The molecule has 2 fully saturated rings. The Balaban J connectivity index is 0.00000304. The van der Waals surface area contributed by atoms with Gasteiger partial charge in [-0.2, -0.15) is 0 Å². The molecule has 2 aliphatic rings. The Kier molecular flexibility index (Phi) is 7.91. The zero-order valence-corrected chi connectivity index (χ0v) is 21.9. The highest BCUT2D eigenvalue weighted by Gasteiger charge is 2.59. The van der Waals surface area contributed by atoms with Gasteiger partial charge >= 0.3 is 5.97 Å². The Hall–Kier alpha value is -3.02. The number of esters is 1. The second-order valence-corrected chi connectivity index (χ2v) is 9.71. The number of ether oxygens (including phenoxy) is 3. The number of hydrogen-bond acceptors (Lipinski definition) is 4. The van der Waals surface area contributed by atoms with Crippen molar-refractivity contribution in [1.82, 2.24) is 0 Å². The van der Waals surface area contributed by atoms with E-state index in [1.54, 1.807) is 14.2 Å². The van der Waals surface area contributed by atoms with Crippen LogP contribution < -0.4 is 26.6 Å². The Morgan fingerprint density at radius 1 is 0.778 bits per heavy atom. The smallest absolute Gasteiger partial charge is 0.308 e. The molecule has 2 aliphatic heterocycles. The number of methoxy groups -OCH3 is 2. The summed E-state index contributed by atoms with van der Waals surface area (Å²) >= 11 is 0. The molecule has 2 saturated heterocycles. The molecule has 3 aromatic rings. The lowest BCUT2D eigenvalue weighted by Crippen LogP contribution is -3.00. The highest BCUT2D eigenvalue weighted by Crippen LogP contribution is 2.60. The van der Waals surface area contributed by atoms with E-state index in [0.29, 0.717) is 23.9 Å². The summed E-state index contributed by atoms with van der Waals surface area (Å²) in [6.07, 6.45) is 4.64. The van der Waals surface area contributed by atoms with Gasteiger partial charge in [0.1, 0.15) is 35.9 Å². The van der Waals surface area contributed by atoms with Gasteiger partial charge in [0.2, 0.25) is 0 Å². The number of rotatable bonds is 7. The molecule has 0 N–H and O–H groups in total. The summed E-state index contributed by atoms with van der Waals surface area (Å²) in [5.41, 5.74) is 3.82. The zero-order valence-electron chi connectivity index (χ0n) is 21.2. The number of hydrogen-bond donors (Lipinski definition) is 0. The molecule has 0 unspecified atom stereocenters. The fourth-order valence-electron chi connectivity index (χ4n) is 6.74. The molecule has 2 atom stereocenters. The maximum absolute atomic E-state index is 11.4. The van der Waals surface area contributed by atoms with Crippen LogP contribution in [0.4, 0.5) is 0 Å². The Bertz CT molecular complexity index is 1140. The van der Waals surface area contributed by atoms with Crippen molar-refractivity contribution in [3.05, 3.63) is 89.5 Å². The largest absolute Gasteiger partial charge is 1.00 e. The first-order valence-electron chi connectivity index (χ1n) is 12.5. The molecule has 190 valence electrons. The summed E-state index contributed by atoms with van der Waals surface area (Å²) in [5.74, 6) is 2.22. The average Bonchev–Trinajstić information content (AvgIpc) is 3.41. The lowest BCUT2D eigenvalue weighted by atomic mass is 9.94. The standard InChI is InChI=1S/C30H34NO4.ClH/c1-21(32)35-24-16-12-22(13-17-24)20-31-23(14-18-27(31)25-8-4-6-10-29(25)33-2)15-19-28(31)26-9-5-7-11-30(26)34-3;/h4-13,16-17,23,27-28H,14-15,18-20H2,1-3H3;1H/q+1;/p-1/t23?,27-,28-,31?;/m0./s1. The van der Waals surface area contributed by atoms with E-state index in [1.807, 2.05) is 12.1 Å². The molecule has 0 saturated carbocycles. The van der Waals surface area contributed by atoms with Crippen LogP contribution >= 0.6 is 0 Å². The van der Waals surface area contributed by atoms with Crippen LogP contribution in [0.2, 0.25) is 0 Å². The van der Waals surface area contributed by atoms with Crippen LogP contribution in [0.3, 0.4) is 0 Å². The van der Waals surface area contributed by atoms with Gasteiger partial charge in [0.15, 0.2) is 0 Å². The summed E-state index contributed by atoms with van der Waals surface area (Å²) < 4.78 is 18.0. The van der Waals surface area contributed by atoms with E-state index in [2.05, 4.69) is 60.7 Å². The van der Waals surface area contributed by atoms with Crippen molar-refractivity contribution in [2.45, 2.75) is 57.3 Å². The minimum atomic E-state index is -0.300. The number of para-hydroxylation sites is 2. The first-order chi connectivity index (χ1) is 17.1. The van der Waals surface area contributed by atoms with Crippen molar-refractivity contribution < 1.29 is 35.9 Å². The van der Waals surface area contributed by atoms with E-state index in [0.717, 1.165) is 35.4 Å². The number of fused-ring (bicyclic) bond motifs is 1. The molecule has 0 amide bonds. The van der Waals surface area contributed by atoms with Crippen LogP contribution in [0, 0.1) is 0 Å². The molecule has 36 heavy (non-hydrogen) atoms. The molecule has 5 rings (SSSR count). The highest BCUT2D eigenvalue weighted by molar-refractivity contribution is 5.69. The van der Waals surface area contributed by atoms with Gasteiger partial charge < -0.3 is 31.1 Å². The number of benzene rings is 3. The van der Waals surface area contributed by atoms with Crippen molar-refractivity contribution in [2.75, 3.05) is 14.2 Å². The van der Waals surface area contributed by atoms with E-state index in [-0.39, 0.29) is 18.4 Å². The van der Waals surface area contributed by atoms with E-state index in [9.17, 15) is 4.79 Å². The van der Waals surface area contributed by atoms with Crippen LogP contribution in [0.5, 0.6) is 17.2 Å². The molecule has 5 nitrogen and oxygen atoms in total. The number of carbonyl (C=O) groups excluding carboxylic acids is 1. The minimum Gasteiger partial charge on any atom is -1.00 e. The van der Waals surface area contributed by atoms with Crippen LogP contribution in [-0.2, 0) is 11.3 Å². The molecule has 6 heteroatoms. The van der Waals surface area contributed by atoms with Crippen LogP contribution in [0.25, 0.3) is 0 Å². The number of carbonyl (C=O) groups is 1. The van der Waals surface area contributed by atoms with Gasteiger partial charge in [-0.05, 0) is 48.5 Å². The van der Waals surface area contributed by atoms with Crippen molar-refractivity contribution in [2.24, 2.45) is 0 Å². The average molecular weight is 508 g/mol. The highest BCUT2D eigenvalue weighted by atomic mass is 35.5. The second-order valence-electron chi connectivity index (χ2n) is 9.71. The molecule has 0 spiro atoms. The third-order valence-electron chi connectivity index (χ3n) is 8.02.